The molecule has 1 N–H and O–H groups in total. The summed E-state index contributed by atoms with van der Waals surface area (Å²) in [6.07, 6.45) is 1.30. The Labute approximate surface area is 174 Å². The number of benzene rings is 2. The zero-order valence-electron chi connectivity index (χ0n) is 16.0. The number of sulfonamides is 1. The Kier molecular flexibility index (Phi) is 6.59. The molecule has 0 aliphatic heterocycles. The fraction of sp³-hybridized carbons (Fsp3) is 0.200. The molecule has 1 aromatic heterocycles. The molecule has 0 saturated carbocycles. The van der Waals surface area contributed by atoms with E-state index in [0.29, 0.717) is 12.4 Å². The number of hydrogen-bond donors (Lipinski definition) is 1. The topological polar surface area (TPSA) is 103 Å². The third kappa shape index (κ3) is 4.89. The molecule has 0 amide bonds. The van der Waals surface area contributed by atoms with Crippen molar-refractivity contribution in [2.75, 3.05) is 13.2 Å². The van der Waals surface area contributed by atoms with Gasteiger partial charge >= 0.3 is 0 Å². The minimum absolute atomic E-state index is 0.0386. The number of furan rings is 1. The first-order chi connectivity index (χ1) is 14.2. The molecule has 10 heteroatoms. The van der Waals surface area contributed by atoms with E-state index >= 15 is 0 Å². The summed E-state index contributed by atoms with van der Waals surface area (Å²) in [7, 11) is -8.07. The summed E-state index contributed by atoms with van der Waals surface area (Å²) in [4.78, 5) is -0.186. The van der Waals surface area contributed by atoms with E-state index in [2.05, 4.69) is 4.72 Å². The minimum Gasteiger partial charge on any atom is -0.494 e. The van der Waals surface area contributed by atoms with Gasteiger partial charge in [-0.3, -0.25) is 0 Å². The van der Waals surface area contributed by atoms with Crippen LogP contribution in [0, 0.1) is 5.82 Å². The van der Waals surface area contributed by atoms with Crippen LogP contribution in [0.5, 0.6) is 5.75 Å². The zero-order chi connectivity index (χ0) is 21.8. The maximum Gasteiger partial charge on any atom is 0.240 e. The van der Waals surface area contributed by atoms with Gasteiger partial charge in [0, 0.05) is 6.54 Å². The molecule has 0 unspecified atom stereocenters. The lowest BCUT2D eigenvalue weighted by molar-refractivity contribution is 0.340. The average Bonchev–Trinajstić information content (AvgIpc) is 3.23. The van der Waals surface area contributed by atoms with Gasteiger partial charge in [0.15, 0.2) is 9.84 Å². The van der Waals surface area contributed by atoms with Crippen molar-refractivity contribution >= 4 is 19.9 Å². The van der Waals surface area contributed by atoms with Crippen molar-refractivity contribution in [1.29, 1.82) is 0 Å². The Hall–Kier alpha value is -2.69. The molecule has 0 fully saturated rings. The van der Waals surface area contributed by atoms with Gasteiger partial charge in [0.1, 0.15) is 22.6 Å². The van der Waals surface area contributed by atoms with Gasteiger partial charge in [0.25, 0.3) is 0 Å². The number of hydrogen-bond acceptors (Lipinski definition) is 6. The maximum atomic E-state index is 13.2. The van der Waals surface area contributed by atoms with Crippen LogP contribution in [-0.2, 0) is 19.9 Å². The molecule has 0 aliphatic rings. The second-order valence-electron chi connectivity index (χ2n) is 6.26. The van der Waals surface area contributed by atoms with Gasteiger partial charge in [-0.05, 0) is 67.6 Å². The van der Waals surface area contributed by atoms with E-state index in [1.807, 2.05) is 6.92 Å². The maximum absolute atomic E-state index is 13.2. The summed E-state index contributed by atoms with van der Waals surface area (Å²) in [6, 6.07) is 13.0. The van der Waals surface area contributed by atoms with Crippen molar-refractivity contribution in [1.82, 2.24) is 4.72 Å². The number of rotatable bonds is 9. The van der Waals surface area contributed by atoms with E-state index in [1.54, 1.807) is 0 Å². The van der Waals surface area contributed by atoms with Crippen LogP contribution in [0.15, 0.2) is 81.1 Å². The summed E-state index contributed by atoms with van der Waals surface area (Å²) in [5, 5.41) is -1.34. The molecule has 0 bridgehead atoms. The minimum atomic E-state index is -4.07. The highest BCUT2D eigenvalue weighted by Gasteiger charge is 2.33. The van der Waals surface area contributed by atoms with Crippen molar-refractivity contribution < 1.29 is 30.4 Å². The summed E-state index contributed by atoms with van der Waals surface area (Å²) >= 11 is 0. The molecular formula is C20H20FNO6S2. The summed E-state index contributed by atoms with van der Waals surface area (Å²) in [5.41, 5.74) is 0. The van der Waals surface area contributed by atoms with Gasteiger partial charge in [-0.25, -0.2) is 25.9 Å². The zero-order valence-corrected chi connectivity index (χ0v) is 17.6. The molecule has 160 valence electrons. The lowest BCUT2D eigenvalue weighted by Gasteiger charge is -2.17. The van der Waals surface area contributed by atoms with Crippen molar-refractivity contribution in [3.05, 3.63) is 78.5 Å². The summed E-state index contributed by atoms with van der Waals surface area (Å²) < 4.78 is 77.5. The highest BCUT2D eigenvalue weighted by Crippen LogP contribution is 2.29. The lowest BCUT2D eigenvalue weighted by Crippen LogP contribution is -2.31. The van der Waals surface area contributed by atoms with E-state index in [9.17, 15) is 21.2 Å². The van der Waals surface area contributed by atoms with Gasteiger partial charge in [0.2, 0.25) is 10.0 Å². The van der Waals surface area contributed by atoms with Crippen LogP contribution in [0.1, 0.15) is 17.9 Å². The van der Waals surface area contributed by atoms with E-state index in [0.717, 1.165) is 24.3 Å². The molecule has 0 radical (unpaired) electrons. The average molecular weight is 454 g/mol. The van der Waals surface area contributed by atoms with E-state index in [1.165, 1.54) is 42.7 Å². The Morgan fingerprint density at radius 3 is 2.17 bits per heavy atom. The molecule has 0 saturated heterocycles. The van der Waals surface area contributed by atoms with Crippen LogP contribution in [0.2, 0.25) is 0 Å². The van der Waals surface area contributed by atoms with Gasteiger partial charge in [-0.1, -0.05) is 0 Å². The molecule has 2 aromatic carbocycles. The SMILES string of the molecule is CCOc1ccc(S(=O)(=O)NC[C@@H](c2ccco2)S(=O)(=O)c2ccc(F)cc2)cc1. The predicted octanol–water partition coefficient (Wildman–Crippen LogP) is 3.31. The van der Waals surface area contributed by atoms with Gasteiger partial charge in [-0.15, -0.1) is 0 Å². The molecule has 3 rings (SSSR count). The van der Waals surface area contributed by atoms with Gasteiger partial charge < -0.3 is 9.15 Å². The number of sulfone groups is 1. The van der Waals surface area contributed by atoms with Crippen LogP contribution < -0.4 is 9.46 Å². The fourth-order valence-electron chi connectivity index (χ4n) is 2.78. The highest BCUT2D eigenvalue weighted by atomic mass is 32.2. The van der Waals surface area contributed by atoms with Crippen LogP contribution in [-0.4, -0.2) is 30.0 Å². The molecule has 30 heavy (non-hydrogen) atoms. The van der Waals surface area contributed by atoms with Crippen LogP contribution >= 0.6 is 0 Å². The summed E-state index contributed by atoms with van der Waals surface area (Å²) in [6.45, 7) is 1.78. The van der Waals surface area contributed by atoms with Gasteiger partial charge in [0.05, 0.1) is 22.7 Å². The van der Waals surface area contributed by atoms with Crippen molar-refractivity contribution in [2.24, 2.45) is 0 Å². The first kappa shape index (κ1) is 22.0. The normalized spacial score (nSPS) is 13.1. The quantitative estimate of drug-likeness (QED) is 0.499. The van der Waals surface area contributed by atoms with Crippen LogP contribution in [0.25, 0.3) is 0 Å². The standard InChI is InChI=1S/C20H20FNO6S2/c1-2-27-16-7-11-18(12-8-16)30(25,26)22-14-20(19-4-3-13-28-19)29(23,24)17-9-5-15(21)6-10-17/h3-13,20,22H,2,14H2,1H3/t20-/m0/s1. The third-order valence-corrected chi connectivity index (χ3v) is 7.80. The second kappa shape index (κ2) is 8.99. The molecule has 1 atom stereocenters. The lowest BCUT2D eigenvalue weighted by atomic mass is 10.3. The molecule has 7 nitrogen and oxygen atoms in total. The second-order valence-corrected chi connectivity index (χ2v) is 10.2. The Morgan fingerprint density at radius 1 is 0.967 bits per heavy atom. The van der Waals surface area contributed by atoms with Crippen molar-refractivity contribution in [2.45, 2.75) is 22.0 Å². The predicted molar refractivity (Wildman–Crippen MR) is 108 cm³/mol. The first-order valence-corrected chi connectivity index (χ1v) is 12.0. The number of ether oxygens (including phenoxy) is 1. The monoisotopic (exact) mass is 453 g/mol. The van der Waals surface area contributed by atoms with Crippen LogP contribution in [0.3, 0.4) is 0 Å². The van der Waals surface area contributed by atoms with E-state index in [-0.39, 0.29) is 15.6 Å². The van der Waals surface area contributed by atoms with Crippen LogP contribution in [0.4, 0.5) is 4.39 Å². The van der Waals surface area contributed by atoms with Crippen molar-refractivity contribution in [3.63, 3.8) is 0 Å². The summed E-state index contributed by atoms with van der Waals surface area (Å²) in [5.74, 6) is -0.00257. The molecular weight excluding hydrogens is 433 g/mol. The molecule has 0 spiro atoms. The third-order valence-electron chi connectivity index (χ3n) is 4.28. The Bertz CT molecular complexity index is 1170. The highest BCUT2D eigenvalue weighted by molar-refractivity contribution is 7.92. The largest absolute Gasteiger partial charge is 0.494 e. The Balaban J connectivity index is 1.86. The van der Waals surface area contributed by atoms with E-state index in [4.69, 9.17) is 9.15 Å². The molecule has 1 heterocycles. The molecule has 3 aromatic rings. The van der Waals surface area contributed by atoms with Gasteiger partial charge in [-0.2, -0.15) is 0 Å². The fourth-order valence-corrected chi connectivity index (χ4v) is 5.52. The first-order valence-electron chi connectivity index (χ1n) is 8.99. The molecule has 0 aliphatic carbocycles. The number of nitrogens with one attached hydrogen (secondary N) is 1. The van der Waals surface area contributed by atoms with Crippen molar-refractivity contribution in [3.8, 4) is 5.75 Å². The van der Waals surface area contributed by atoms with E-state index < -0.39 is 37.5 Å². The smallest absolute Gasteiger partial charge is 0.240 e. The number of halogens is 1. The Morgan fingerprint density at radius 2 is 1.60 bits per heavy atom.